The molecule has 0 aliphatic rings. The number of aryl methyl sites for hydroxylation is 1. The summed E-state index contributed by atoms with van der Waals surface area (Å²) in [5.74, 6) is -0.683. The molecule has 4 heterocycles. The van der Waals surface area contributed by atoms with E-state index in [-0.39, 0.29) is 29.6 Å². The minimum absolute atomic E-state index is 0.0976. The summed E-state index contributed by atoms with van der Waals surface area (Å²) in [6, 6.07) is 30.0. The standard InChI is InChI=1S/C39H29ClN6O4/c1-20(47)41-36-30(22-8-4-2-5-9-22)34-32(45-38(36)49)25-18-21(12-15-27(25)42-34)13-17-29(48)44-37-31(23-10-6-3-7-11-23)35-33(46-39(37)50)26-19-24(40)14-16-28(26)43-35/h2-12,14-16,18-19,42-43H,13,17H2,1H3,(H,41,47)(H,44,48)(H,45,49)(H,46,50). The van der Waals surface area contributed by atoms with E-state index in [1.54, 1.807) is 12.1 Å². The van der Waals surface area contributed by atoms with Crippen LogP contribution in [0.3, 0.4) is 0 Å². The van der Waals surface area contributed by atoms with Crippen molar-refractivity contribution in [3.8, 4) is 22.3 Å². The highest BCUT2D eigenvalue weighted by molar-refractivity contribution is 6.32. The van der Waals surface area contributed by atoms with Crippen LogP contribution < -0.4 is 21.8 Å². The number of halogens is 1. The molecule has 8 rings (SSSR count). The van der Waals surface area contributed by atoms with E-state index < -0.39 is 11.1 Å². The second-order valence-corrected chi connectivity index (χ2v) is 12.6. The van der Waals surface area contributed by atoms with Crippen molar-refractivity contribution in [2.75, 3.05) is 10.6 Å². The number of carbonyl (C=O) groups excluding carboxylic acids is 2. The van der Waals surface area contributed by atoms with Crippen LogP contribution in [0.2, 0.25) is 5.02 Å². The lowest BCUT2D eigenvalue weighted by molar-refractivity contribution is -0.116. The average Bonchev–Trinajstić information content (AvgIpc) is 3.65. The summed E-state index contributed by atoms with van der Waals surface area (Å²) in [5.41, 5.74) is 7.19. The number of benzene rings is 4. The van der Waals surface area contributed by atoms with Crippen molar-refractivity contribution in [3.05, 3.63) is 128 Å². The lowest BCUT2D eigenvalue weighted by Gasteiger charge is -2.12. The van der Waals surface area contributed by atoms with Crippen molar-refractivity contribution in [1.29, 1.82) is 0 Å². The van der Waals surface area contributed by atoms with Gasteiger partial charge in [-0.3, -0.25) is 19.2 Å². The number of aromatic nitrogens is 4. The number of anilines is 2. The van der Waals surface area contributed by atoms with Gasteiger partial charge in [0.15, 0.2) is 0 Å². The maximum Gasteiger partial charge on any atom is 0.272 e. The molecular weight excluding hydrogens is 652 g/mol. The lowest BCUT2D eigenvalue weighted by atomic mass is 10.0. The fourth-order valence-electron chi connectivity index (χ4n) is 6.68. The number of hydrogen-bond donors (Lipinski definition) is 6. The fourth-order valence-corrected chi connectivity index (χ4v) is 6.86. The van der Waals surface area contributed by atoms with E-state index >= 15 is 0 Å². The highest BCUT2D eigenvalue weighted by Crippen LogP contribution is 2.37. The highest BCUT2D eigenvalue weighted by Gasteiger charge is 2.21. The van der Waals surface area contributed by atoms with Crippen LogP contribution in [-0.4, -0.2) is 31.8 Å². The predicted molar refractivity (Wildman–Crippen MR) is 200 cm³/mol. The van der Waals surface area contributed by atoms with Gasteiger partial charge in [0.1, 0.15) is 11.4 Å². The number of carbonyl (C=O) groups is 2. The minimum Gasteiger partial charge on any atom is -0.353 e. The summed E-state index contributed by atoms with van der Waals surface area (Å²) in [6.07, 6.45) is 0.472. The molecule has 10 nitrogen and oxygen atoms in total. The molecule has 2 amide bonds. The molecule has 0 saturated carbocycles. The van der Waals surface area contributed by atoms with E-state index in [0.717, 1.165) is 38.5 Å². The largest absolute Gasteiger partial charge is 0.353 e. The van der Waals surface area contributed by atoms with Crippen molar-refractivity contribution in [3.63, 3.8) is 0 Å². The zero-order valence-electron chi connectivity index (χ0n) is 26.7. The Bertz CT molecular complexity index is 2760. The Morgan fingerprint density at radius 1 is 0.620 bits per heavy atom. The van der Waals surface area contributed by atoms with Crippen LogP contribution in [0, 0.1) is 0 Å². The fraction of sp³-hybridized carbons (Fsp3) is 0.0769. The molecule has 0 atom stereocenters. The first-order valence-corrected chi connectivity index (χ1v) is 16.4. The van der Waals surface area contributed by atoms with Gasteiger partial charge >= 0.3 is 0 Å². The van der Waals surface area contributed by atoms with Crippen molar-refractivity contribution < 1.29 is 9.59 Å². The molecule has 246 valence electrons. The van der Waals surface area contributed by atoms with Crippen LogP contribution in [0.25, 0.3) is 66.1 Å². The summed E-state index contributed by atoms with van der Waals surface area (Å²) in [6.45, 7) is 1.36. The molecule has 0 aliphatic carbocycles. The third-order valence-electron chi connectivity index (χ3n) is 8.89. The molecule has 4 aromatic carbocycles. The molecule has 50 heavy (non-hydrogen) atoms. The van der Waals surface area contributed by atoms with Gasteiger partial charge in [0, 0.05) is 51.3 Å². The number of amides is 2. The number of pyridine rings is 2. The third kappa shape index (κ3) is 5.41. The molecule has 0 fully saturated rings. The Kier molecular flexibility index (Phi) is 7.57. The number of hydrogen-bond acceptors (Lipinski definition) is 4. The SMILES string of the molecule is CC(=O)Nc1c(-c2ccccc2)c2[nH]c3ccc(CCC(=O)Nc4c(-c5ccccc5)c5[nH]c6ccc(Cl)cc6c5[nH]c4=O)cc3c2[nH]c1=O. The Labute approximate surface area is 288 Å². The van der Waals surface area contributed by atoms with Gasteiger partial charge in [-0.2, -0.15) is 0 Å². The van der Waals surface area contributed by atoms with Crippen LogP contribution in [0.1, 0.15) is 18.9 Å². The van der Waals surface area contributed by atoms with E-state index in [2.05, 4.69) is 30.6 Å². The molecule has 0 aliphatic heterocycles. The van der Waals surface area contributed by atoms with Crippen LogP contribution >= 0.6 is 11.6 Å². The van der Waals surface area contributed by atoms with Crippen molar-refractivity contribution in [2.45, 2.75) is 19.8 Å². The molecule has 11 heteroatoms. The predicted octanol–water partition coefficient (Wildman–Crippen LogP) is 7.85. The van der Waals surface area contributed by atoms with E-state index in [4.69, 9.17) is 11.6 Å². The number of fused-ring (bicyclic) bond motifs is 6. The molecule has 6 N–H and O–H groups in total. The van der Waals surface area contributed by atoms with Crippen LogP contribution in [0.15, 0.2) is 107 Å². The maximum atomic E-state index is 13.6. The van der Waals surface area contributed by atoms with E-state index in [0.29, 0.717) is 44.6 Å². The number of aromatic amines is 4. The number of H-pyrrole nitrogens is 4. The zero-order valence-corrected chi connectivity index (χ0v) is 27.4. The monoisotopic (exact) mass is 680 g/mol. The Hall–Kier alpha value is -6.39. The summed E-state index contributed by atoms with van der Waals surface area (Å²) in [7, 11) is 0. The van der Waals surface area contributed by atoms with Crippen LogP contribution in [-0.2, 0) is 16.0 Å². The Balaban J connectivity index is 1.14. The molecule has 0 radical (unpaired) electrons. The Morgan fingerprint density at radius 3 is 1.70 bits per heavy atom. The number of nitrogens with one attached hydrogen (secondary N) is 6. The molecule has 0 unspecified atom stereocenters. The molecule has 0 saturated heterocycles. The van der Waals surface area contributed by atoms with Crippen LogP contribution in [0.5, 0.6) is 0 Å². The van der Waals surface area contributed by atoms with E-state index in [1.807, 2.05) is 84.9 Å². The van der Waals surface area contributed by atoms with Gasteiger partial charge in [-0.15, -0.1) is 0 Å². The first kappa shape index (κ1) is 30.9. The Morgan fingerprint density at radius 2 is 1.14 bits per heavy atom. The first-order valence-electron chi connectivity index (χ1n) is 16.0. The quantitative estimate of drug-likeness (QED) is 0.101. The smallest absolute Gasteiger partial charge is 0.272 e. The summed E-state index contributed by atoms with van der Waals surface area (Å²) >= 11 is 6.28. The van der Waals surface area contributed by atoms with E-state index in [9.17, 15) is 19.2 Å². The second kappa shape index (κ2) is 12.2. The topological polar surface area (TPSA) is 155 Å². The van der Waals surface area contributed by atoms with Gasteiger partial charge < -0.3 is 30.6 Å². The van der Waals surface area contributed by atoms with Gasteiger partial charge in [-0.05, 0) is 53.4 Å². The van der Waals surface area contributed by atoms with Gasteiger partial charge in [0.2, 0.25) is 11.8 Å². The van der Waals surface area contributed by atoms with Gasteiger partial charge in [0.05, 0.1) is 22.1 Å². The summed E-state index contributed by atoms with van der Waals surface area (Å²) in [5, 5.41) is 7.68. The second-order valence-electron chi connectivity index (χ2n) is 12.2. The lowest BCUT2D eigenvalue weighted by Crippen LogP contribution is -2.21. The third-order valence-corrected chi connectivity index (χ3v) is 9.12. The van der Waals surface area contributed by atoms with Gasteiger partial charge in [0.25, 0.3) is 11.1 Å². The highest BCUT2D eigenvalue weighted by atomic mass is 35.5. The molecule has 8 aromatic rings. The van der Waals surface area contributed by atoms with Crippen LogP contribution in [0.4, 0.5) is 11.4 Å². The normalized spacial score (nSPS) is 11.5. The molecule has 0 bridgehead atoms. The first-order chi connectivity index (χ1) is 24.2. The molecule has 0 spiro atoms. The molecule has 4 aromatic heterocycles. The van der Waals surface area contributed by atoms with Gasteiger partial charge in [-0.25, -0.2) is 0 Å². The summed E-state index contributed by atoms with van der Waals surface area (Å²) < 4.78 is 0. The maximum absolute atomic E-state index is 13.6. The van der Waals surface area contributed by atoms with Crippen molar-refractivity contribution in [1.82, 2.24) is 19.9 Å². The number of rotatable bonds is 7. The minimum atomic E-state index is -0.428. The summed E-state index contributed by atoms with van der Waals surface area (Å²) in [4.78, 5) is 65.1. The zero-order chi connectivity index (χ0) is 34.5. The van der Waals surface area contributed by atoms with Crippen molar-refractivity contribution in [2.24, 2.45) is 0 Å². The van der Waals surface area contributed by atoms with Crippen molar-refractivity contribution >= 4 is 78.7 Å². The van der Waals surface area contributed by atoms with E-state index in [1.165, 1.54) is 6.92 Å². The average molecular weight is 681 g/mol. The van der Waals surface area contributed by atoms with Gasteiger partial charge in [-0.1, -0.05) is 78.3 Å². The molecular formula is C39H29ClN6O4.